The van der Waals surface area contributed by atoms with Crippen molar-refractivity contribution in [2.45, 2.75) is 58.7 Å². The summed E-state index contributed by atoms with van der Waals surface area (Å²) in [5.74, 6) is 0.895. The smallest absolute Gasteiger partial charge is 0.327 e. The molecule has 1 aromatic heterocycles. The number of aromatic nitrogens is 1. The maximum atomic E-state index is 12.6. The molecule has 3 aliphatic heterocycles. The highest BCUT2D eigenvalue weighted by molar-refractivity contribution is 6.04. The number of urea groups is 1. The van der Waals surface area contributed by atoms with E-state index >= 15 is 0 Å². The fourth-order valence-corrected chi connectivity index (χ4v) is 5.97. The third-order valence-electron chi connectivity index (χ3n) is 7.84. The number of rotatable bonds is 5. The predicted molar refractivity (Wildman–Crippen MR) is 124 cm³/mol. The van der Waals surface area contributed by atoms with Gasteiger partial charge in [0.05, 0.1) is 7.11 Å². The van der Waals surface area contributed by atoms with Crippen LogP contribution in [-0.2, 0) is 11.3 Å². The van der Waals surface area contributed by atoms with Crippen LogP contribution in [0.5, 0.6) is 5.75 Å². The Morgan fingerprint density at radius 3 is 2.56 bits per heavy atom. The standard InChI is InChI=1S/C25H34N4O3/c1-5-27-23(30)22-13-25(16-29(22)24(27)31)8-10-26(11-9-25)14-18-15-28(17(2)3)21-7-6-19(32-4)12-20(18)21/h6-7,12,15,17,22H,5,8-11,13-14,16H2,1-4H3. The number of piperidine rings is 1. The molecule has 0 aliphatic carbocycles. The van der Waals surface area contributed by atoms with Crippen LogP contribution in [0.15, 0.2) is 24.4 Å². The van der Waals surface area contributed by atoms with Gasteiger partial charge in [0.2, 0.25) is 0 Å². The third kappa shape index (κ3) is 3.29. The largest absolute Gasteiger partial charge is 0.497 e. The average Bonchev–Trinajstić information content (AvgIpc) is 3.40. The summed E-state index contributed by atoms with van der Waals surface area (Å²) in [5, 5.41) is 1.26. The molecular formula is C25H34N4O3. The number of benzene rings is 1. The minimum Gasteiger partial charge on any atom is -0.497 e. The van der Waals surface area contributed by atoms with Gasteiger partial charge in [-0.15, -0.1) is 0 Å². The summed E-state index contributed by atoms with van der Waals surface area (Å²) in [6.07, 6.45) is 5.20. The van der Waals surface area contributed by atoms with Crippen LogP contribution in [0.2, 0.25) is 0 Å². The fourth-order valence-electron chi connectivity index (χ4n) is 5.97. The highest BCUT2D eigenvalue weighted by atomic mass is 16.5. The second kappa shape index (κ2) is 7.80. The number of carbonyl (C=O) groups is 2. The van der Waals surface area contributed by atoms with Crippen LogP contribution in [0.25, 0.3) is 10.9 Å². The van der Waals surface area contributed by atoms with Gasteiger partial charge in [-0.1, -0.05) is 0 Å². The van der Waals surface area contributed by atoms with Gasteiger partial charge >= 0.3 is 6.03 Å². The highest BCUT2D eigenvalue weighted by Crippen LogP contribution is 2.46. The lowest BCUT2D eigenvalue weighted by atomic mass is 9.76. The van der Waals surface area contributed by atoms with Crippen molar-refractivity contribution in [3.8, 4) is 5.75 Å². The number of amides is 3. The Kier molecular flexibility index (Phi) is 5.19. The number of likely N-dealkylation sites (N-methyl/N-ethyl adjacent to an activating group) is 1. The first kappa shape index (κ1) is 21.3. The first-order valence-electron chi connectivity index (χ1n) is 11.9. The fraction of sp³-hybridized carbons (Fsp3) is 0.600. The first-order valence-corrected chi connectivity index (χ1v) is 11.9. The monoisotopic (exact) mass is 438 g/mol. The molecule has 0 radical (unpaired) electrons. The second-order valence-electron chi connectivity index (χ2n) is 10.0. The van der Waals surface area contributed by atoms with E-state index in [4.69, 9.17) is 4.74 Å². The van der Waals surface area contributed by atoms with Crippen molar-refractivity contribution >= 4 is 22.8 Å². The van der Waals surface area contributed by atoms with Gasteiger partial charge in [-0.25, -0.2) is 4.79 Å². The van der Waals surface area contributed by atoms with E-state index in [1.54, 1.807) is 7.11 Å². The van der Waals surface area contributed by atoms with E-state index < -0.39 is 0 Å². The predicted octanol–water partition coefficient (Wildman–Crippen LogP) is 3.87. The Morgan fingerprint density at radius 2 is 1.94 bits per heavy atom. The van der Waals surface area contributed by atoms with Crippen molar-refractivity contribution in [1.82, 2.24) is 19.3 Å². The van der Waals surface area contributed by atoms with Crippen LogP contribution in [0, 0.1) is 5.41 Å². The Balaban J connectivity index is 1.30. The molecule has 1 unspecified atom stereocenters. The van der Waals surface area contributed by atoms with Gasteiger partial charge in [0.25, 0.3) is 5.91 Å². The van der Waals surface area contributed by atoms with Crippen LogP contribution in [0.3, 0.4) is 0 Å². The molecule has 7 heteroatoms. The average molecular weight is 439 g/mol. The molecular weight excluding hydrogens is 404 g/mol. The van der Waals surface area contributed by atoms with E-state index in [9.17, 15) is 9.59 Å². The van der Waals surface area contributed by atoms with Crippen molar-refractivity contribution in [2.75, 3.05) is 33.3 Å². The van der Waals surface area contributed by atoms with Crippen molar-refractivity contribution in [2.24, 2.45) is 5.41 Å². The molecule has 0 N–H and O–H groups in total. The van der Waals surface area contributed by atoms with Gasteiger partial charge in [-0.05, 0) is 82.3 Å². The van der Waals surface area contributed by atoms with Gasteiger partial charge in [-0.3, -0.25) is 14.6 Å². The van der Waals surface area contributed by atoms with Crippen LogP contribution in [-0.4, -0.2) is 70.5 Å². The van der Waals surface area contributed by atoms with E-state index in [1.165, 1.54) is 21.4 Å². The molecule has 1 spiro atoms. The van der Waals surface area contributed by atoms with E-state index in [2.05, 4.69) is 41.6 Å². The van der Waals surface area contributed by atoms with Crippen molar-refractivity contribution in [3.05, 3.63) is 30.0 Å². The maximum absolute atomic E-state index is 12.6. The minimum absolute atomic E-state index is 0.00671. The zero-order valence-electron chi connectivity index (χ0n) is 19.6. The number of nitrogens with zero attached hydrogens (tertiary/aromatic N) is 4. The Labute approximate surface area is 189 Å². The number of ether oxygens (including phenoxy) is 1. The molecule has 3 amide bonds. The summed E-state index contributed by atoms with van der Waals surface area (Å²) in [4.78, 5) is 31.0. The van der Waals surface area contributed by atoms with E-state index in [0.29, 0.717) is 12.6 Å². The van der Waals surface area contributed by atoms with Crippen molar-refractivity contribution in [3.63, 3.8) is 0 Å². The molecule has 3 fully saturated rings. The molecule has 2 aromatic rings. The molecule has 5 rings (SSSR count). The Morgan fingerprint density at radius 1 is 1.19 bits per heavy atom. The molecule has 7 nitrogen and oxygen atoms in total. The van der Waals surface area contributed by atoms with Crippen LogP contribution in [0.1, 0.15) is 51.6 Å². The van der Waals surface area contributed by atoms with Gasteiger partial charge in [0.15, 0.2) is 0 Å². The lowest BCUT2D eigenvalue weighted by Gasteiger charge is -2.39. The van der Waals surface area contributed by atoms with E-state index in [1.807, 2.05) is 17.9 Å². The quantitative estimate of drug-likeness (QED) is 0.665. The van der Waals surface area contributed by atoms with E-state index in [0.717, 1.165) is 51.2 Å². The molecule has 32 heavy (non-hydrogen) atoms. The number of hydrogen-bond donors (Lipinski definition) is 0. The first-order chi connectivity index (χ1) is 15.4. The minimum atomic E-state index is -0.231. The molecule has 0 bridgehead atoms. The summed E-state index contributed by atoms with van der Waals surface area (Å²) in [6, 6.07) is 6.42. The molecule has 172 valence electrons. The second-order valence-corrected chi connectivity index (χ2v) is 10.0. The number of methoxy groups -OCH3 is 1. The van der Waals surface area contributed by atoms with Crippen LogP contribution < -0.4 is 4.74 Å². The molecule has 4 heterocycles. The van der Waals surface area contributed by atoms with Crippen molar-refractivity contribution in [1.29, 1.82) is 0 Å². The number of carbonyl (C=O) groups excluding carboxylic acids is 2. The van der Waals surface area contributed by atoms with Gasteiger partial charge in [0.1, 0.15) is 11.8 Å². The molecule has 3 aliphatic rings. The summed E-state index contributed by atoms with van der Waals surface area (Å²) in [6.45, 7) is 10.4. The van der Waals surface area contributed by atoms with Crippen LogP contribution >= 0.6 is 0 Å². The summed E-state index contributed by atoms with van der Waals surface area (Å²) in [7, 11) is 1.71. The third-order valence-corrected chi connectivity index (χ3v) is 7.84. The van der Waals surface area contributed by atoms with Crippen LogP contribution in [0.4, 0.5) is 4.79 Å². The summed E-state index contributed by atoms with van der Waals surface area (Å²) in [5.41, 5.74) is 2.68. The zero-order chi connectivity index (χ0) is 22.6. The highest BCUT2D eigenvalue weighted by Gasteiger charge is 2.55. The molecule has 3 saturated heterocycles. The van der Waals surface area contributed by atoms with E-state index in [-0.39, 0.29) is 23.4 Å². The van der Waals surface area contributed by atoms with Gasteiger partial charge in [0, 0.05) is 42.8 Å². The lowest BCUT2D eigenvalue weighted by molar-refractivity contribution is -0.128. The Hall–Kier alpha value is -2.54. The maximum Gasteiger partial charge on any atom is 0.327 e. The van der Waals surface area contributed by atoms with Gasteiger partial charge in [-0.2, -0.15) is 0 Å². The SMILES string of the molecule is CCN1C(=O)C2CC3(CCN(Cc4cn(C(C)C)c5ccc(OC)cc45)CC3)CN2C1=O. The summed E-state index contributed by atoms with van der Waals surface area (Å²) >= 11 is 0. The normalized spacial score (nSPS) is 23.2. The summed E-state index contributed by atoms with van der Waals surface area (Å²) < 4.78 is 7.83. The molecule has 0 saturated carbocycles. The number of imide groups is 1. The molecule has 1 atom stereocenters. The number of likely N-dealkylation sites (tertiary alicyclic amines) is 1. The molecule has 1 aromatic carbocycles. The van der Waals surface area contributed by atoms with Gasteiger partial charge < -0.3 is 14.2 Å². The topological polar surface area (TPSA) is 58.0 Å². The number of fused-ring (bicyclic) bond motifs is 2. The number of hydrogen-bond acceptors (Lipinski definition) is 4. The van der Waals surface area contributed by atoms with Crippen molar-refractivity contribution < 1.29 is 14.3 Å². The zero-order valence-corrected chi connectivity index (χ0v) is 19.6. The lowest BCUT2D eigenvalue weighted by Crippen LogP contribution is -2.43. The Bertz CT molecular complexity index is 1020.